The van der Waals surface area contributed by atoms with Crippen LogP contribution in [0.2, 0.25) is 15.2 Å². The third kappa shape index (κ3) is 2.02. The highest BCUT2D eigenvalue weighted by molar-refractivity contribution is 7.00. The molecule has 0 bridgehead atoms. The van der Waals surface area contributed by atoms with Gasteiger partial charge in [0.25, 0.3) is 0 Å². The summed E-state index contributed by atoms with van der Waals surface area (Å²) in [6.07, 6.45) is 0. The first-order valence-electron chi connectivity index (χ1n) is 4.52. The van der Waals surface area contributed by atoms with Crippen LogP contribution < -0.4 is 5.32 Å². The number of fused-ring (bicyclic) bond motifs is 1. The molecule has 0 atom stereocenters. The first-order chi connectivity index (χ1) is 8.66. The van der Waals surface area contributed by atoms with Gasteiger partial charge in [0.05, 0.1) is 39.2 Å². The maximum atomic E-state index is 6.14. The molecule has 0 aliphatic carbocycles. The summed E-state index contributed by atoms with van der Waals surface area (Å²) in [5, 5.41) is 4.15. The van der Waals surface area contributed by atoms with Gasteiger partial charge in [0.15, 0.2) is 11.0 Å². The van der Waals surface area contributed by atoms with Crippen molar-refractivity contribution in [3.8, 4) is 0 Å². The van der Waals surface area contributed by atoms with Crippen LogP contribution in [0.1, 0.15) is 0 Å². The van der Waals surface area contributed by atoms with Gasteiger partial charge in [-0.05, 0) is 6.07 Å². The molecular weight excluding hydrogens is 337 g/mol. The van der Waals surface area contributed by atoms with Crippen molar-refractivity contribution >= 4 is 80.8 Å². The number of rotatable bonds is 2. The molecule has 0 radical (unpaired) electrons. The molecular formula is C8H2Cl3N5S2. The second kappa shape index (κ2) is 4.75. The van der Waals surface area contributed by atoms with E-state index in [0.717, 1.165) is 23.5 Å². The molecule has 0 aliphatic heterocycles. The van der Waals surface area contributed by atoms with E-state index in [2.05, 4.69) is 22.8 Å². The topological polar surface area (TPSA) is 63.6 Å². The van der Waals surface area contributed by atoms with Gasteiger partial charge in [-0.3, -0.25) is 0 Å². The predicted molar refractivity (Wildman–Crippen MR) is 75.6 cm³/mol. The van der Waals surface area contributed by atoms with Crippen LogP contribution in [0.25, 0.3) is 11.0 Å². The molecule has 3 aromatic rings. The Morgan fingerprint density at radius 3 is 2.33 bits per heavy atom. The molecule has 0 aliphatic rings. The molecule has 0 saturated carbocycles. The molecule has 2 aromatic heterocycles. The summed E-state index contributed by atoms with van der Waals surface area (Å²) < 4.78 is 16.1. The van der Waals surface area contributed by atoms with E-state index in [9.17, 15) is 0 Å². The van der Waals surface area contributed by atoms with Crippen LogP contribution in [0, 0.1) is 0 Å². The van der Waals surface area contributed by atoms with Crippen molar-refractivity contribution in [2.45, 2.75) is 0 Å². The zero-order valence-electron chi connectivity index (χ0n) is 8.32. The van der Waals surface area contributed by atoms with E-state index >= 15 is 0 Å². The Morgan fingerprint density at radius 1 is 0.889 bits per heavy atom. The van der Waals surface area contributed by atoms with Crippen LogP contribution in [-0.4, -0.2) is 17.5 Å². The Hall–Kier alpha value is -0.730. The van der Waals surface area contributed by atoms with Crippen molar-refractivity contribution in [3.63, 3.8) is 0 Å². The van der Waals surface area contributed by atoms with Crippen molar-refractivity contribution in [2.24, 2.45) is 0 Å². The van der Waals surface area contributed by atoms with E-state index in [0.29, 0.717) is 32.6 Å². The first-order valence-corrected chi connectivity index (χ1v) is 7.11. The monoisotopic (exact) mass is 337 g/mol. The second-order valence-corrected chi connectivity index (χ2v) is 5.43. The normalized spacial score (nSPS) is 11.1. The fourth-order valence-electron chi connectivity index (χ4n) is 1.36. The van der Waals surface area contributed by atoms with Crippen LogP contribution in [-0.2, 0) is 0 Å². The summed E-state index contributed by atoms with van der Waals surface area (Å²) in [7, 11) is 0. The lowest BCUT2D eigenvalue weighted by Crippen LogP contribution is -1.94. The Bertz CT molecular complexity index is 725. The van der Waals surface area contributed by atoms with Crippen LogP contribution in [0.3, 0.4) is 0 Å². The highest BCUT2D eigenvalue weighted by Crippen LogP contribution is 2.37. The summed E-state index contributed by atoms with van der Waals surface area (Å²) in [4.78, 5) is 0. The van der Waals surface area contributed by atoms with Crippen molar-refractivity contribution in [2.75, 3.05) is 5.32 Å². The first kappa shape index (κ1) is 12.3. The smallest absolute Gasteiger partial charge is 0.187 e. The molecule has 3 rings (SSSR count). The average molecular weight is 339 g/mol. The zero-order chi connectivity index (χ0) is 12.7. The largest absolute Gasteiger partial charge is 0.334 e. The summed E-state index contributed by atoms with van der Waals surface area (Å²) in [5.41, 5.74) is 1.74. The highest BCUT2D eigenvalue weighted by Gasteiger charge is 2.16. The van der Waals surface area contributed by atoms with Crippen molar-refractivity contribution in [3.05, 3.63) is 21.3 Å². The van der Waals surface area contributed by atoms with Gasteiger partial charge in [0.2, 0.25) is 0 Å². The van der Waals surface area contributed by atoms with Crippen LogP contribution in [0.15, 0.2) is 6.07 Å². The van der Waals surface area contributed by atoms with E-state index in [1.165, 1.54) is 0 Å². The molecule has 0 fully saturated rings. The Labute approximate surface area is 124 Å². The molecule has 5 nitrogen and oxygen atoms in total. The lowest BCUT2D eigenvalue weighted by molar-refractivity contribution is 1.45. The summed E-state index contributed by atoms with van der Waals surface area (Å²) in [5.74, 6) is 0.431. The van der Waals surface area contributed by atoms with E-state index in [1.807, 2.05) is 0 Å². The average Bonchev–Trinajstić information content (AvgIpc) is 2.93. The number of benzene rings is 1. The van der Waals surface area contributed by atoms with Crippen LogP contribution in [0.4, 0.5) is 11.5 Å². The van der Waals surface area contributed by atoms with E-state index in [4.69, 9.17) is 34.8 Å². The lowest BCUT2D eigenvalue weighted by Gasteiger charge is -2.06. The molecule has 0 unspecified atom stereocenters. The Morgan fingerprint density at radius 2 is 1.61 bits per heavy atom. The minimum atomic E-state index is 0.280. The number of hydrogen-bond acceptors (Lipinski definition) is 7. The second-order valence-electron chi connectivity index (χ2n) is 3.21. The summed E-state index contributed by atoms with van der Waals surface area (Å²) in [6.45, 7) is 0. The van der Waals surface area contributed by atoms with Gasteiger partial charge in [-0.15, -0.1) is 0 Å². The standard InChI is InChI=1S/C8H2Cl3N5S2/c9-2-1-3(10)5-6(14-17-13-5)4(2)12-8-7(11)15-18-16-8/h1H,(H,12,16). The molecule has 0 saturated heterocycles. The Balaban J connectivity index is 2.17. The minimum absolute atomic E-state index is 0.280. The molecule has 18 heavy (non-hydrogen) atoms. The molecule has 1 aromatic carbocycles. The van der Waals surface area contributed by atoms with Gasteiger partial charge in [0, 0.05) is 0 Å². The van der Waals surface area contributed by atoms with Crippen molar-refractivity contribution in [1.29, 1.82) is 0 Å². The SMILES string of the molecule is Clc1cc(Cl)c2nsnc2c1Nc1nsnc1Cl. The molecule has 92 valence electrons. The Kier molecular flexibility index (Phi) is 3.25. The number of aromatic nitrogens is 4. The number of nitrogens with zero attached hydrogens (tertiary/aromatic N) is 4. The van der Waals surface area contributed by atoms with Gasteiger partial charge in [-0.2, -0.15) is 17.5 Å². The fourth-order valence-corrected chi connectivity index (χ4v) is 3.17. The third-order valence-corrected chi connectivity index (χ3v) is 4.14. The third-order valence-electron chi connectivity index (χ3n) is 2.14. The van der Waals surface area contributed by atoms with Gasteiger partial charge in [0.1, 0.15) is 11.0 Å². The fraction of sp³-hybridized carbons (Fsp3) is 0. The van der Waals surface area contributed by atoms with Gasteiger partial charge in [-0.1, -0.05) is 34.8 Å². The number of halogens is 3. The van der Waals surface area contributed by atoms with Crippen LogP contribution in [0.5, 0.6) is 0 Å². The number of nitrogens with one attached hydrogen (secondary N) is 1. The van der Waals surface area contributed by atoms with E-state index < -0.39 is 0 Å². The van der Waals surface area contributed by atoms with Crippen LogP contribution >= 0.6 is 58.3 Å². The highest BCUT2D eigenvalue weighted by atomic mass is 35.5. The van der Waals surface area contributed by atoms with Gasteiger partial charge in [-0.25, -0.2) is 0 Å². The van der Waals surface area contributed by atoms with Crippen molar-refractivity contribution < 1.29 is 0 Å². The zero-order valence-corrected chi connectivity index (χ0v) is 12.2. The molecule has 0 spiro atoms. The molecule has 2 heterocycles. The summed E-state index contributed by atoms with van der Waals surface area (Å²) in [6, 6.07) is 1.60. The maximum absolute atomic E-state index is 6.14. The lowest BCUT2D eigenvalue weighted by atomic mass is 10.2. The number of anilines is 2. The minimum Gasteiger partial charge on any atom is -0.334 e. The van der Waals surface area contributed by atoms with Gasteiger partial charge < -0.3 is 5.32 Å². The van der Waals surface area contributed by atoms with E-state index in [1.54, 1.807) is 6.07 Å². The quantitative estimate of drug-likeness (QED) is 0.757. The molecule has 1 N–H and O–H groups in total. The summed E-state index contributed by atoms with van der Waals surface area (Å²) >= 11 is 20.1. The molecule has 10 heteroatoms. The maximum Gasteiger partial charge on any atom is 0.187 e. The predicted octanol–water partition coefficient (Wildman–Crippen LogP) is 4.25. The van der Waals surface area contributed by atoms with Crippen molar-refractivity contribution in [1.82, 2.24) is 17.5 Å². The van der Waals surface area contributed by atoms with Gasteiger partial charge >= 0.3 is 0 Å². The number of hydrogen-bond donors (Lipinski definition) is 1. The van der Waals surface area contributed by atoms with E-state index in [-0.39, 0.29) is 5.15 Å². The molecule has 0 amide bonds.